The van der Waals surface area contributed by atoms with Crippen LogP contribution < -0.4 is 11.1 Å². The SMILES string of the molecule is CC(CNc1nc(N)ncc1[N+](=O)[O-])C(C)(C)C. The summed E-state index contributed by atoms with van der Waals surface area (Å²) in [4.78, 5) is 17.8. The Hall–Kier alpha value is -1.92. The maximum Gasteiger partial charge on any atom is 0.329 e. The zero-order chi connectivity index (χ0) is 13.9. The minimum Gasteiger partial charge on any atom is -0.368 e. The lowest BCUT2D eigenvalue weighted by Crippen LogP contribution is -2.25. The monoisotopic (exact) mass is 253 g/mol. The highest BCUT2D eigenvalue weighted by atomic mass is 16.6. The summed E-state index contributed by atoms with van der Waals surface area (Å²) in [6.07, 6.45) is 1.12. The predicted molar refractivity (Wildman–Crippen MR) is 70.2 cm³/mol. The Morgan fingerprint density at radius 2 is 2.17 bits per heavy atom. The van der Waals surface area contributed by atoms with E-state index in [0.29, 0.717) is 12.5 Å². The topological polar surface area (TPSA) is 107 Å². The van der Waals surface area contributed by atoms with Crippen molar-refractivity contribution in [2.24, 2.45) is 11.3 Å². The Kier molecular flexibility index (Phi) is 4.05. The van der Waals surface area contributed by atoms with Gasteiger partial charge in [-0.1, -0.05) is 27.7 Å². The highest BCUT2D eigenvalue weighted by molar-refractivity contribution is 5.56. The van der Waals surface area contributed by atoms with E-state index in [1.54, 1.807) is 0 Å². The van der Waals surface area contributed by atoms with Gasteiger partial charge in [0.2, 0.25) is 11.8 Å². The number of aromatic nitrogens is 2. The number of rotatable bonds is 4. The van der Waals surface area contributed by atoms with E-state index >= 15 is 0 Å². The molecule has 1 aromatic heterocycles. The van der Waals surface area contributed by atoms with Crippen molar-refractivity contribution < 1.29 is 4.92 Å². The molecule has 1 heterocycles. The largest absolute Gasteiger partial charge is 0.368 e. The fourth-order valence-electron chi connectivity index (χ4n) is 1.21. The number of hydrogen-bond acceptors (Lipinski definition) is 6. The van der Waals surface area contributed by atoms with Crippen molar-refractivity contribution in [1.82, 2.24) is 9.97 Å². The van der Waals surface area contributed by atoms with Gasteiger partial charge in [0.05, 0.1) is 4.92 Å². The summed E-state index contributed by atoms with van der Waals surface area (Å²) < 4.78 is 0. The first kappa shape index (κ1) is 14.1. The third-order valence-corrected chi connectivity index (χ3v) is 3.04. The normalized spacial score (nSPS) is 13.1. The van der Waals surface area contributed by atoms with Gasteiger partial charge in [0.1, 0.15) is 6.20 Å². The molecule has 0 aliphatic rings. The molecule has 18 heavy (non-hydrogen) atoms. The Labute approximate surface area is 106 Å². The Morgan fingerprint density at radius 3 is 2.67 bits per heavy atom. The first-order chi connectivity index (χ1) is 8.21. The molecule has 1 unspecified atom stereocenters. The van der Waals surface area contributed by atoms with Crippen LogP contribution in [0.5, 0.6) is 0 Å². The van der Waals surface area contributed by atoms with E-state index in [2.05, 4.69) is 43.0 Å². The van der Waals surface area contributed by atoms with Crippen molar-refractivity contribution in [3.8, 4) is 0 Å². The molecule has 1 atom stereocenters. The molecule has 100 valence electrons. The van der Waals surface area contributed by atoms with Crippen molar-refractivity contribution in [1.29, 1.82) is 0 Å². The van der Waals surface area contributed by atoms with Crippen LogP contribution in [0, 0.1) is 21.4 Å². The Morgan fingerprint density at radius 1 is 1.56 bits per heavy atom. The molecule has 0 radical (unpaired) electrons. The average molecular weight is 253 g/mol. The molecule has 0 aliphatic carbocycles. The lowest BCUT2D eigenvalue weighted by atomic mass is 9.82. The van der Waals surface area contributed by atoms with Crippen LogP contribution in [0.3, 0.4) is 0 Å². The van der Waals surface area contributed by atoms with Gasteiger partial charge in [0.15, 0.2) is 0 Å². The van der Waals surface area contributed by atoms with E-state index in [9.17, 15) is 10.1 Å². The van der Waals surface area contributed by atoms with Crippen molar-refractivity contribution >= 4 is 17.5 Å². The fourth-order valence-corrected chi connectivity index (χ4v) is 1.21. The van der Waals surface area contributed by atoms with E-state index in [0.717, 1.165) is 6.20 Å². The summed E-state index contributed by atoms with van der Waals surface area (Å²) in [5, 5.41) is 13.8. The Bertz CT molecular complexity index is 442. The Balaban J connectivity index is 2.84. The molecule has 0 bridgehead atoms. The molecule has 0 amide bonds. The maximum atomic E-state index is 10.8. The van der Waals surface area contributed by atoms with Gasteiger partial charge in [-0.2, -0.15) is 4.98 Å². The zero-order valence-electron chi connectivity index (χ0n) is 11.1. The molecule has 7 nitrogen and oxygen atoms in total. The fraction of sp³-hybridized carbons (Fsp3) is 0.636. The molecule has 0 fully saturated rings. The molecule has 1 rings (SSSR count). The number of nitrogens with two attached hydrogens (primary N) is 1. The van der Waals surface area contributed by atoms with Gasteiger partial charge in [0.25, 0.3) is 0 Å². The number of nitro groups is 1. The van der Waals surface area contributed by atoms with Crippen molar-refractivity contribution in [2.45, 2.75) is 27.7 Å². The van der Waals surface area contributed by atoms with E-state index in [1.807, 2.05) is 0 Å². The molecule has 0 aliphatic heterocycles. The van der Waals surface area contributed by atoms with E-state index in [4.69, 9.17) is 5.73 Å². The highest BCUT2D eigenvalue weighted by Gasteiger charge is 2.22. The number of nitrogens with zero attached hydrogens (tertiary/aromatic N) is 3. The summed E-state index contributed by atoms with van der Waals surface area (Å²) >= 11 is 0. The second kappa shape index (κ2) is 5.16. The van der Waals surface area contributed by atoms with Crippen molar-refractivity contribution in [3.63, 3.8) is 0 Å². The third-order valence-electron chi connectivity index (χ3n) is 3.04. The molecule has 3 N–H and O–H groups in total. The molecule has 0 spiro atoms. The minimum atomic E-state index is -0.524. The maximum absolute atomic E-state index is 10.8. The van der Waals surface area contributed by atoms with Crippen LogP contribution in [0.25, 0.3) is 0 Å². The van der Waals surface area contributed by atoms with Gasteiger partial charge in [-0.25, -0.2) is 4.98 Å². The molecule has 0 saturated heterocycles. The zero-order valence-corrected chi connectivity index (χ0v) is 11.1. The lowest BCUT2D eigenvalue weighted by molar-refractivity contribution is -0.384. The lowest BCUT2D eigenvalue weighted by Gasteiger charge is -2.27. The number of nitrogens with one attached hydrogen (secondary N) is 1. The predicted octanol–water partition coefficient (Wildman–Crippen LogP) is 2.06. The molecular formula is C11H19N5O2. The van der Waals surface area contributed by atoms with Gasteiger partial charge in [-0.15, -0.1) is 0 Å². The summed E-state index contributed by atoms with van der Waals surface area (Å²) in [6.45, 7) is 9.00. The van der Waals surface area contributed by atoms with Crippen LogP contribution in [-0.2, 0) is 0 Å². The van der Waals surface area contributed by atoms with Gasteiger partial charge in [0, 0.05) is 6.54 Å². The van der Waals surface area contributed by atoms with Crippen molar-refractivity contribution in [3.05, 3.63) is 16.3 Å². The smallest absolute Gasteiger partial charge is 0.329 e. The summed E-state index contributed by atoms with van der Waals surface area (Å²) in [5.41, 5.74) is 5.38. The summed E-state index contributed by atoms with van der Waals surface area (Å²) in [6, 6.07) is 0. The minimum absolute atomic E-state index is 0.0199. The molecule has 7 heteroatoms. The second-order valence-corrected chi connectivity index (χ2v) is 5.37. The molecule has 0 aromatic carbocycles. The van der Waals surface area contributed by atoms with Gasteiger partial charge >= 0.3 is 5.69 Å². The first-order valence-corrected chi connectivity index (χ1v) is 5.72. The quantitative estimate of drug-likeness (QED) is 0.628. The number of nitrogen functional groups attached to an aromatic ring is 1. The standard InChI is InChI=1S/C11H19N5O2/c1-7(11(2,3)4)5-13-9-8(16(17)18)6-14-10(12)15-9/h6-7H,5H2,1-4H3,(H3,12,13,14,15). The van der Waals surface area contributed by atoms with Crippen LogP contribution in [0.4, 0.5) is 17.5 Å². The third kappa shape index (κ3) is 3.54. The van der Waals surface area contributed by atoms with Gasteiger partial charge in [-0.05, 0) is 11.3 Å². The summed E-state index contributed by atoms with van der Waals surface area (Å²) in [5.74, 6) is 0.517. The first-order valence-electron chi connectivity index (χ1n) is 5.72. The van der Waals surface area contributed by atoms with Gasteiger partial charge < -0.3 is 11.1 Å². The average Bonchev–Trinajstić information content (AvgIpc) is 2.24. The van der Waals surface area contributed by atoms with Gasteiger partial charge in [-0.3, -0.25) is 10.1 Å². The van der Waals surface area contributed by atoms with Crippen LogP contribution in [0.2, 0.25) is 0 Å². The molecule has 1 aromatic rings. The van der Waals surface area contributed by atoms with E-state index in [-0.39, 0.29) is 22.9 Å². The number of hydrogen-bond donors (Lipinski definition) is 2. The number of anilines is 2. The van der Waals surface area contributed by atoms with E-state index < -0.39 is 4.92 Å². The van der Waals surface area contributed by atoms with Crippen LogP contribution >= 0.6 is 0 Å². The van der Waals surface area contributed by atoms with Crippen LogP contribution in [0.15, 0.2) is 6.20 Å². The second-order valence-electron chi connectivity index (χ2n) is 5.37. The molecular weight excluding hydrogens is 234 g/mol. The highest BCUT2D eigenvalue weighted by Crippen LogP contribution is 2.27. The van der Waals surface area contributed by atoms with Crippen LogP contribution in [-0.4, -0.2) is 21.4 Å². The van der Waals surface area contributed by atoms with E-state index in [1.165, 1.54) is 0 Å². The van der Waals surface area contributed by atoms with Crippen LogP contribution in [0.1, 0.15) is 27.7 Å². The van der Waals surface area contributed by atoms with Crippen molar-refractivity contribution in [2.75, 3.05) is 17.6 Å². The molecule has 0 saturated carbocycles. The summed E-state index contributed by atoms with van der Waals surface area (Å²) in [7, 11) is 0.